The number of aliphatic imine (C=N–C) groups is 1. The SMILES string of the molecule is O=C(O)C(Cc1ccccc1)N=Cc1ccccc1O.[Mn]. The molecule has 0 aromatic heterocycles. The van der Waals surface area contributed by atoms with Crippen molar-refractivity contribution in [2.75, 3.05) is 0 Å². The van der Waals surface area contributed by atoms with Crippen LogP contribution in [0.5, 0.6) is 5.75 Å². The van der Waals surface area contributed by atoms with Crippen LogP contribution in [0.25, 0.3) is 0 Å². The first-order chi connectivity index (χ1) is 9.66. The van der Waals surface area contributed by atoms with Crippen molar-refractivity contribution in [3.8, 4) is 5.75 Å². The van der Waals surface area contributed by atoms with Gasteiger partial charge < -0.3 is 10.2 Å². The Kier molecular flexibility index (Phi) is 6.66. The first-order valence-corrected chi connectivity index (χ1v) is 6.24. The van der Waals surface area contributed by atoms with Gasteiger partial charge in [0.2, 0.25) is 0 Å². The maximum Gasteiger partial charge on any atom is 0.328 e. The largest absolute Gasteiger partial charge is 0.507 e. The van der Waals surface area contributed by atoms with E-state index in [1.807, 2.05) is 30.3 Å². The molecule has 109 valence electrons. The van der Waals surface area contributed by atoms with E-state index in [9.17, 15) is 15.0 Å². The monoisotopic (exact) mass is 324 g/mol. The number of phenolic OH excluding ortho intramolecular Hbond substituents is 1. The molecule has 0 saturated heterocycles. The molecule has 4 nitrogen and oxygen atoms in total. The molecule has 1 unspecified atom stereocenters. The molecule has 0 heterocycles. The zero-order valence-electron chi connectivity index (χ0n) is 11.2. The molecule has 5 heteroatoms. The van der Waals surface area contributed by atoms with Gasteiger partial charge in [0, 0.05) is 35.3 Å². The fourth-order valence-corrected chi connectivity index (χ4v) is 1.81. The average Bonchev–Trinajstić information content (AvgIpc) is 2.46. The fourth-order valence-electron chi connectivity index (χ4n) is 1.81. The second-order valence-electron chi connectivity index (χ2n) is 4.38. The summed E-state index contributed by atoms with van der Waals surface area (Å²) in [6.07, 6.45) is 1.72. The molecule has 1 atom stereocenters. The smallest absolute Gasteiger partial charge is 0.328 e. The van der Waals surface area contributed by atoms with Crippen LogP contribution in [0, 0.1) is 0 Å². The molecule has 0 amide bonds. The number of carboxylic acid groups (broad SMARTS) is 1. The van der Waals surface area contributed by atoms with Crippen molar-refractivity contribution in [2.45, 2.75) is 12.5 Å². The van der Waals surface area contributed by atoms with E-state index in [1.54, 1.807) is 18.2 Å². The standard InChI is InChI=1S/C16H15NO3.Mn/c18-15-9-5-4-8-13(15)11-17-14(16(19)20)10-12-6-2-1-3-7-12;/h1-9,11,14,18H,10H2,(H,19,20);. The Labute approximate surface area is 133 Å². The number of hydrogen-bond donors (Lipinski definition) is 2. The minimum absolute atomic E-state index is 0. The van der Waals surface area contributed by atoms with Gasteiger partial charge in [0.1, 0.15) is 5.75 Å². The molecular formula is C16H15MnNO3. The quantitative estimate of drug-likeness (QED) is 0.656. The van der Waals surface area contributed by atoms with E-state index in [0.29, 0.717) is 12.0 Å². The predicted octanol–water partition coefficient (Wildman–Crippen LogP) is 2.50. The maximum absolute atomic E-state index is 11.2. The minimum atomic E-state index is -0.986. The molecular weight excluding hydrogens is 309 g/mol. The fraction of sp³-hybridized carbons (Fsp3) is 0.125. The molecule has 0 bridgehead atoms. The molecule has 21 heavy (non-hydrogen) atoms. The summed E-state index contributed by atoms with van der Waals surface area (Å²) in [4.78, 5) is 15.3. The number of phenols is 1. The van der Waals surface area contributed by atoms with Gasteiger partial charge in [0.25, 0.3) is 0 Å². The maximum atomic E-state index is 11.2. The van der Waals surface area contributed by atoms with Gasteiger partial charge in [0.15, 0.2) is 6.04 Å². The van der Waals surface area contributed by atoms with Crippen molar-refractivity contribution in [2.24, 2.45) is 4.99 Å². The Bertz CT molecular complexity index is 614. The first kappa shape index (κ1) is 17.0. The third-order valence-electron chi connectivity index (χ3n) is 2.89. The Morgan fingerprint density at radius 3 is 2.33 bits per heavy atom. The Morgan fingerprint density at radius 2 is 1.71 bits per heavy atom. The molecule has 0 fully saturated rings. The van der Waals surface area contributed by atoms with Gasteiger partial charge in [-0.15, -0.1) is 0 Å². The summed E-state index contributed by atoms with van der Waals surface area (Å²) in [5.41, 5.74) is 1.42. The summed E-state index contributed by atoms with van der Waals surface area (Å²) in [7, 11) is 0. The van der Waals surface area contributed by atoms with Crippen LogP contribution in [0.2, 0.25) is 0 Å². The third kappa shape index (κ3) is 5.06. The number of benzene rings is 2. The number of rotatable bonds is 5. The van der Waals surface area contributed by atoms with Gasteiger partial charge >= 0.3 is 5.97 Å². The summed E-state index contributed by atoms with van der Waals surface area (Å²) < 4.78 is 0. The molecule has 2 aromatic rings. The van der Waals surface area contributed by atoms with Gasteiger partial charge in [-0.2, -0.15) is 0 Å². The Morgan fingerprint density at radius 1 is 1.10 bits per heavy atom. The molecule has 2 rings (SSSR count). The zero-order chi connectivity index (χ0) is 14.4. The van der Waals surface area contributed by atoms with E-state index in [-0.39, 0.29) is 22.8 Å². The van der Waals surface area contributed by atoms with Crippen molar-refractivity contribution >= 4 is 12.2 Å². The van der Waals surface area contributed by atoms with E-state index >= 15 is 0 Å². The summed E-state index contributed by atoms with van der Waals surface area (Å²) in [5, 5.41) is 18.8. The van der Waals surface area contributed by atoms with Gasteiger partial charge in [-0.3, -0.25) is 4.99 Å². The molecule has 2 N–H and O–H groups in total. The zero-order valence-corrected chi connectivity index (χ0v) is 12.4. The van der Waals surface area contributed by atoms with Crippen molar-refractivity contribution in [3.63, 3.8) is 0 Å². The molecule has 1 radical (unpaired) electrons. The van der Waals surface area contributed by atoms with E-state index < -0.39 is 12.0 Å². The number of para-hydroxylation sites is 1. The van der Waals surface area contributed by atoms with Gasteiger partial charge in [-0.1, -0.05) is 42.5 Å². The third-order valence-corrected chi connectivity index (χ3v) is 2.89. The summed E-state index contributed by atoms with van der Waals surface area (Å²) in [6, 6.07) is 15.1. The van der Waals surface area contributed by atoms with Crippen LogP contribution in [-0.2, 0) is 28.3 Å². The molecule has 0 spiro atoms. The molecule has 2 aromatic carbocycles. The molecule has 0 aliphatic rings. The van der Waals surface area contributed by atoms with Crippen molar-refractivity contribution in [1.29, 1.82) is 0 Å². The van der Waals surface area contributed by atoms with E-state index in [2.05, 4.69) is 4.99 Å². The van der Waals surface area contributed by atoms with Gasteiger partial charge in [-0.05, 0) is 17.7 Å². The van der Waals surface area contributed by atoms with Crippen LogP contribution in [0.3, 0.4) is 0 Å². The van der Waals surface area contributed by atoms with Crippen LogP contribution in [0.4, 0.5) is 0 Å². The summed E-state index contributed by atoms with van der Waals surface area (Å²) >= 11 is 0. The predicted molar refractivity (Wildman–Crippen MR) is 77.3 cm³/mol. The van der Waals surface area contributed by atoms with E-state index in [1.165, 1.54) is 12.3 Å². The van der Waals surface area contributed by atoms with Crippen LogP contribution < -0.4 is 0 Å². The van der Waals surface area contributed by atoms with E-state index in [4.69, 9.17) is 0 Å². The number of aliphatic carboxylic acids is 1. The molecule has 0 aliphatic heterocycles. The van der Waals surface area contributed by atoms with Crippen LogP contribution >= 0.6 is 0 Å². The first-order valence-electron chi connectivity index (χ1n) is 6.24. The van der Waals surface area contributed by atoms with Crippen molar-refractivity contribution in [3.05, 3.63) is 65.7 Å². The van der Waals surface area contributed by atoms with Crippen LogP contribution in [-0.4, -0.2) is 28.4 Å². The summed E-state index contributed by atoms with van der Waals surface area (Å²) in [6.45, 7) is 0. The van der Waals surface area contributed by atoms with Crippen molar-refractivity contribution < 1.29 is 32.1 Å². The van der Waals surface area contributed by atoms with Crippen LogP contribution in [0.1, 0.15) is 11.1 Å². The van der Waals surface area contributed by atoms with Crippen LogP contribution in [0.15, 0.2) is 59.6 Å². The second kappa shape index (κ2) is 8.25. The number of nitrogens with zero attached hydrogens (tertiary/aromatic N) is 1. The van der Waals surface area contributed by atoms with E-state index in [0.717, 1.165) is 5.56 Å². The van der Waals surface area contributed by atoms with Crippen molar-refractivity contribution in [1.82, 2.24) is 0 Å². The molecule has 0 aliphatic carbocycles. The Hall–Kier alpha value is -2.10. The number of carbonyl (C=O) groups is 1. The minimum Gasteiger partial charge on any atom is -0.507 e. The summed E-state index contributed by atoms with van der Waals surface area (Å²) in [5.74, 6) is -0.902. The normalized spacial score (nSPS) is 11.8. The average molecular weight is 324 g/mol. The molecule has 0 saturated carbocycles. The van der Waals surface area contributed by atoms with Gasteiger partial charge in [-0.25, -0.2) is 4.79 Å². The number of carboxylic acids is 1. The topological polar surface area (TPSA) is 69.9 Å². The second-order valence-corrected chi connectivity index (χ2v) is 4.38. The number of hydrogen-bond acceptors (Lipinski definition) is 3. The Balaban J connectivity index is 0.00000220. The number of aromatic hydroxyl groups is 1. The van der Waals surface area contributed by atoms with Gasteiger partial charge in [0.05, 0.1) is 0 Å².